The van der Waals surface area contributed by atoms with Crippen LogP contribution in [0.25, 0.3) is 0 Å². The SMILES string of the molecule is Cc1cccc(N2C(=S)N[C@H](c3ccccn3)[C@@H]2c2ccc[nH]2)c1. The van der Waals surface area contributed by atoms with Crippen molar-refractivity contribution in [1.82, 2.24) is 15.3 Å². The van der Waals surface area contributed by atoms with E-state index in [1.807, 2.05) is 36.7 Å². The predicted molar refractivity (Wildman–Crippen MR) is 99.9 cm³/mol. The van der Waals surface area contributed by atoms with Gasteiger partial charge in [-0.1, -0.05) is 18.2 Å². The van der Waals surface area contributed by atoms with Gasteiger partial charge < -0.3 is 15.2 Å². The topological polar surface area (TPSA) is 44.0 Å². The van der Waals surface area contributed by atoms with Crippen LogP contribution in [0, 0.1) is 6.92 Å². The lowest BCUT2D eigenvalue weighted by molar-refractivity contribution is 0.558. The van der Waals surface area contributed by atoms with E-state index in [0.717, 1.165) is 22.2 Å². The number of aromatic nitrogens is 2. The van der Waals surface area contributed by atoms with E-state index in [1.54, 1.807) is 0 Å². The van der Waals surface area contributed by atoms with Crippen molar-refractivity contribution >= 4 is 23.0 Å². The summed E-state index contributed by atoms with van der Waals surface area (Å²) in [6.07, 6.45) is 3.77. The van der Waals surface area contributed by atoms with E-state index in [-0.39, 0.29) is 12.1 Å². The molecule has 0 amide bonds. The molecule has 3 aromatic rings. The van der Waals surface area contributed by atoms with Gasteiger partial charge in [-0.15, -0.1) is 0 Å². The highest BCUT2D eigenvalue weighted by atomic mass is 32.1. The number of aryl methyl sites for hydroxylation is 1. The summed E-state index contributed by atoms with van der Waals surface area (Å²) < 4.78 is 0. The van der Waals surface area contributed by atoms with E-state index < -0.39 is 0 Å². The zero-order chi connectivity index (χ0) is 16.5. The lowest BCUT2D eigenvalue weighted by Gasteiger charge is -2.27. The Labute approximate surface area is 146 Å². The molecule has 1 saturated heterocycles. The highest BCUT2D eigenvalue weighted by Crippen LogP contribution is 2.40. The van der Waals surface area contributed by atoms with E-state index in [4.69, 9.17) is 12.2 Å². The third-order valence-corrected chi connectivity index (χ3v) is 4.63. The van der Waals surface area contributed by atoms with E-state index in [9.17, 15) is 0 Å². The largest absolute Gasteiger partial charge is 0.363 e. The smallest absolute Gasteiger partial charge is 0.174 e. The van der Waals surface area contributed by atoms with Gasteiger partial charge in [0, 0.05) is 23.8 Å². The molecule has 1 fully saturated rings. The van der Waals surface area contributed by atoms with Crippen LogP contribution in [0.2, 0.25) is 0 Å². The third-order valence-electron chi connectivity index (χ3n) is 4.32. The average molecular weight is 334 g/mol. The second-order valence-electron chi connectivity index (χ2n) is 5.96. The summed E-state index contributed by atoms with van der Waals surface area (Å²) in [5.41, 5.74) is 4.39. The molecule has 0 spiro atoms. The van der Waals surface area contributed by atoms with Gasteiger partial charge >= 0.3 is 0 Å². The number of nitrogens with one attached hydrogen (secondary N) is 2. The number of pyridine rings is 1. The lowest BCUT2D eigenvalue weighted by atomic mass is 10.0. The first-order valence-corrected chi connectivity index (χ1v) is 8.35. The van der Waals surface area contributed by atoms with Crippen LogP contribution in [0.5, 0.6) is 0 Å². The van der Waals surface area contributed by atoms with Crippen LogP contribution < -0.4 is 10.2 Å². The quantitative estimate of drug-likeness (QED) is 0.713. The van der Waals surface area contributed by atoms with Crippen LogP contribution >= 0.6 is 12.2 Å². The summed E-state index contributed by atoms with van der Waals surface area (Å²) in [6, 6.07) is 18.5. The van der Waals surface area contributed by atoms with Crippen LogP contribution in [-0.4, -0.2) is 15.1 Å². The van der Waals surface area contributed by atoms with Gasteiger partial charge in [-0.2, -0.15) is 0 Å². The highest BCUT2D eigenvalue weighted by Gasteiger charge is 2.41. The minimum absolute atomic E-state index is 0.00198. The van der Waals surface area contributed by atoms with Gasteiger partial charge in [0.2, 0.25) is 0 Å². The molecule has 0 unspecified atom stereocenters. The molecule has 24 heavy (non-hydrogen) atoms. The Morgan fingerprint density at radius 2 is 2.00 bits per heavy atom. The minimum Gasteiger partial charge on any atom is -0.363 e. The van der Waals surface area contributed by atoms with Crippen LogP contribution in [0.1, 0.15) is 29.0 Å². The van der Waals surface area contributed by atoms with Crippen LogP contribution in [0.4, 0.5) is 5.69 Å². The highest BCUT2D eigenvalue weighted by molar-refractivity contribution is 7.80. The molecule has 1 aliphatic heterocycles. The Kier molecular flexibility index (Phi) is 3.78. The Balaban J connectivity index is 1.82. The number of hydrogen-bond acceptors (Lipinski definition) is 2. The van der Waals surface area contributed by atoms with Crippen LogP contribution in [0.3, 0.4) is 0 Å². The fourth-order valence-electron chi connectivity index (χ4n) is 3.26. The van der Waals surface area contributed by atoms with Crippen LogP contribution in [-0.2, 0) is 0 Å². The van der Waals surface area contributed by atoms with Crippen molar-refractivity contribution in [1.29, 1.82) is 0 Å². The van der Waals surface area contributed by atoms with Gasteiger partial charge in [-0.05, 0) is 61.1 Å². The summed E-state index contributed by atoms with van der Waals surface area (Å²) in [7, 11) is 0. The van der Waals surface area contributed by atoms with E-state index in [1.165, 1.54) is 5.56 Å². The summed E-state index contributed by atoms with van der Waals surface area (Å²) in [5.74, 6) is 0. The monoisotopic (exact) mass is 334 g/mol. The van der Waals surface area contributed by atoms with Gasteiger partial charge in [0.15, 0.2) is 5.11 Å². The number of H-pyrrole nitrogens is 1. The molecular weight excluding hydrogens is 316 g/mol. The van der Waals surface area contributed by atoms with Crippen molar-refractivity contribution in [3.8, 4) is 0 Å². The predicted octanol–water partition coefficient (Wildman–Crippen LogP) is 3.90. The molecular formula is C19H18N4S. The zero-order valence-electron chi connectivity index (χ0n) is 13.3. The number of anilines is 1. The summed E-state index contributed by atoms with van der Waals surface area (Å²) in [5, 5.41) is 4.17. The number of aromatic amines is 1. The fraction of sp³-hybridized carbons (Fsp3) is 0.158. The molecule has 4 rings (SSSR count). The first kappa shape index (κ1) is 14.9. The molecule has 2 aromatic heterocycles. The van der Waals surface area contributed by atoms with Crippen molar-refractivity contribution < 1.29 is 0 Å². The standard InChI is InChI=1S/C19H18N4S/c1-13-6-4-7-14(12-13)23-18(16-9-5-11-21-16)17(22-19(23)24)15-8-2-3-10-20-15/h2-12,17-18,21H,1H3,(H,22,24)/t17-,18+/m1/s1. The Morgan fingerprint density at radius 1 is 1.08 bits per heavy atom. The van der Waals surface area contributed by atoms with Crippen molar-refractivity contribution in [2.45, 2.75) is 19.0 Å². The first-order valence-electron chi connectivity index (χ1n) is 7.94. The summed E-state index contributed by atoms with van der Waals surface area (Å²) in [4.78, 5) is 10.1. The van der Waals surface area contributed by atoms with Crippen molar-refractivity contribution in [2.24, 2.45) is 0 Å². The molecule has 1 aliphatic rings. The van der Waals surface area contributed by atoms with Crippen molar-refractivity contribution in [3.63, 3.8) is 0 Å². The van der Waals surface area contributed by atoms with E-state index >= 15 is 0 Å². The molecule has 4 nitrogen and oxygen atoms in total. The number of benzene rings is 1. The normalized spacial score (nSPS) is 20.2. The Bertz CT molecular complexity index is 845. The molecule has 1 aromatic carbocycles. The molecule has 0 aliphatic carbocycles. The molecule has 0 radical (unpaired) electrons. The van der Waals surface area contributed by atoms with Gasteiger partial charge in [0.1, 0.15) is 6.04 Å². The number of rotatable bonds is 3. The number of hydrogen-bond donors (Lipinski definition) is 2. The second kappa shape index (κ2) is 6.09. The van der Waals surface area contributed by atoms with E-state index in [2.05, 4.69) is 57.4 Å². The van der Waals surface area contributed by atoms with Gasteiger partial charge in [-0.25, -0.2) is 0 Å². The lowest BCUT2D eigenvalue weighted by Crippen LogP contribution is -2.29. The zero-order valence-corrected chi connectivity index (χ0v) is 14.1. The molecule has 0 bridgehead atoms. The summed E-state index contributed by atoms with van der Waals surface area (Å²) in [6.45, 7) is 2.09. The van der Waals surface area contributed by atoms with Crippen molar-refractivity contribution in [2.75, 3.05) is 4.90 Å². The second-order valence-corrected chi connectivity index (χ2v) is 6.35. The molecule has 3 heterocycles. The Morgan fingerprint density at radius 3 is 2.71 bits per heavy atom. The minimum atomic E-state index is -0.00198. The van der Waals surface area contributed by atoms with Crippen LogP contribution in [0.15, 0.2) is 67.0 Å². The maximum absolute atomic E-state index is 5.67. The third kappa shape index (κ3) is 2.57. The number of nitrogens with zero attached hydrogens (tertiary/aromatic N) is 2. The average Bonchev–Trinajstić information content (AvgIpc) is 3.23. The Hall–Kier alpha value is -2.66. The van der Waals surface area contributed by atoms with Gasteiger partial charge in [-0.3, -0.25) is 4.98 Å². The maximum atomic E-state index is 5.67. The fourth-order valence-corrected chi connectivity index (χ4v) is 3.60. The summed E-state index contributed by atoms with van der Waals surface area (Å²) >= 11 is 5.67. The number of thiocarbonyl (C=S) groups is 1. The van der Waals surface area contributed by atoms with Crippen molar-refractivity contribution in [3.05, 3.63) is 83.9 Å². The first-order chi connectivity index (χ1) is 11.7. The maximum Gasteiger partial charge on any atom is 0.174 e. The molecule has 2 atom stereocenters. The molecule has 0 saturated carbocycles. The van der Waals surface area contributed by atoms with Gasteiger partial charge in [0.05, 0.1) is 11.7 Å². The molecule has 5 heteroatoms. The molecule has 2 N–H and O–H groups in total. The molecule has 120 valence electrons. The van der Waals surface area contributed by atoms with Gasteiger partial charge in [0.25, 0.3) is 0 Å². The van der Waals surface area contributed by atoms with E-state index in [0.29, 0.717) is 0 Å².